The van der Waals surface area contributed by atoms with Crippen molar-refractivity contribution in [2.24, 2.45) is 0 Å². The maximum absolute atomic E-state index is 15.4. The molecule has 1 amide bonds. The van der Waals surface area contributed by atoms with Crippen LogP contribution in [-0.2, 0) is 4.74 Å². The van der Waals surface area contributed by atoms with Gasteiger partial charge in [0.1, 0.15) is 29.7 Å². The Balaban J connectivity index is 1.35. The summed E-state index contributed by atoms with van der Waals surface area (Å²) in [6, 6.07) is -0.419. The standard InChI is InChI=1S/C27H32BrClF3N5O3/c1-26(2,3)40-25(38)37-15-5-6-16(37)12-35(11-15)23-17-19(29)20(31)18(28)21(32)22(17)33-24(34-23)39-13-27-7-4-8-36(27)10-14(30)9-27/h14-16H,4-13H2,1-3H3/t14-,15?,16?,27+/m1/s1. The van der Waals surface area contributed by atoms with Crippen LogP contribution in [0.25, 0.3) is 10.9 Å². The molecule has 2 bridgehead atoms. The topological polar surface area (TPSA) is 71.0 Å². The van der Waals surface area contributed by atoms with Gasteiger partial charge in [-0.3, -0.25) is 9.80 Å². The number of anilines is 1. The molecule has 1 aromatic heterocycles. The molecular formula is C27H32BrClF3N5O3. The van der Waals surface area contributed by atoms with Crippen LogP contribution in [0, 0.1) is 11.6 Å². The summed E-state index contributed by atoms with van der Waals surface area (Å²) in [4.78, 5) is 27.7. The molecule has 13 heteroatoms. The normalized spacial score (nSPS) is 28.4. The second kappa shape index (κ2) is 10.0. The molecule has 8 nitrogen and oxygen atoms in total. The van der Waals surface area contributed by atoms with E-state index in [9.17, 15) is 13.6 Å². The molecule has 0 saturated carbocycles. The lowest BCUT2D eigenvalue weighted by atomic mass is 9.95. The third kappa shape index (κ3) is 4.77. The van der Waals surface area contributed by atoms with Crippen LogP contribution >= 0.6 is 27.5 Å². The molecule has 2 aromatic rings. The predicted octanol–water partition coefficient (Wildman–Crippen LogP) is 5.87. The molecule has 218 valence electrons. The van der Waals surface area contributed by atoms with Gasteiger partial charge < -0.3 is 14.4 Å². The molecule has 0 aliphatic carbocycles. The quantitative estimate of drug-likeness (QED) is 0.304. The van der Waals surface area contributed by atoms with E-state index < -0.39 is 33.4 Å². The number of carbonyl (C=O) groups is 1. The van der Waals surface area contributed by atoms with E-state index in [0.717, 1.165) is 32.2 Å². The lowest BCUT2D eigenvalue weighted by molar-refractivity contribution is 0.0122. The molecular weight excluding hydrogens is 615 g/mol. The number of ether oxygens (including phenoxy) is 2. The van der Waals surface area contributed by atoms with Gasteiger partial charge in [0.15, 0.2) is 11.6 Å². The smallest absolute Gasteiger partial charge is 0.410 e. The van der Waals surface area contributed by atoms with Crippen LogP contribution in [0.2, 0.25) is 5.02 Å². The zero-order valence-corrected chi connectivity index (χ0v) is 25.0. The Bertz CT molecular complexity index is 1350. The monoisotopic (exact) mass is 645 g/mol. The summed E-state index contributed by atoms with van der Waals surface area (Å²) in [5.74, 6) is -1.61. The van der Waals surface area contributed by atoms with Crippen molar-refractivity contribution in [3.05, 3.63) is 21.1 Å². The highest BCUT2D eigenvalue weighted by Crippen LogP contribution is 2.43. The number of halogens is 5. The maximum atomic E-state index is 15.4. The van der Waals surface area contributed by atoms with Gasteiger partial charge in [-0.1, -0.05) is 11.6 Å². The second-order valence-corrected chi connectivity index (χ2v) is 13.5. The molecule has 6 rings (SSSR count). The molecule has 4 aliphatic heterocycles. The lowest BCUT2D eigenvalue weighted by Gasteiger charge is -2.42. The van der Waals surface area contributed by atoms with Crippen molar-refractivity contribution in [3.63, 3.8) is 0 Å². The maximum Gasteiger partial charge on any atom is 0.410 e. The van der Waals surface area contributed by atoms with Gasteiger partial charge in [0, 0.05) is 26.1 Å². The van der Waals surface area contributed by atoms with Crippen LogP contribution in [-0.4, -0.2) is 88.0 Å². The molecule has 40 heavy (non-hydrogen) atoms. The Labute approximate surface area is 244 Å². The summed E-state index contributed by atoms with van der Waals surface area (Å²) >= 11 is 9.39. The highest BCUT2D eigenvalue weighted by molar-refractivity contribution is 9.10. The minimum atomic E-state index is -0.944. The van der Waals surface area contributed by atoms with Crippen molar-refractivity contribution < 1.29 is 27.4 Å². The van der Waals surface area contributed by atoms with E-state index >= 15 is 4.39 Å². The number of hydrogen-bond donors (Lipinski definition) is 0. The van der Waals surface area contributed by atoms with Crippen LogP contribution in [0.3, 0.4) is 0 Å². The number of amides is 1. The van der Waals surface area contributed by atoms with Crippen LogP contribution in [0.5, 0.6) is 6.01 Å². The van der Waals surface area contributed by atoms with Gasteiger partial charge in [-0.2, -0.15) is 9.97 Å². The number of carbonyl (C=O) groups excluding carboxylic acids is 1. The number of nitrogens with zero attached hydrogens (tertiary/aromatic N) is 5. The molecule has 0 spiro atoms. The number of hydrogen-bond acceptors (Lipinski definition) is 7. The Morgan fingerprint density at radius 1 is 1.15 bits per heavy atom. The summed E-state index contributed by atoms with van der Waals surface area (Å²) in [5.41, 5.74) is -1.25. The molecule has 0 radical (unpaired) electrons. The Morgan fingerprint density at radius 2 is 1.85 bits per heavy atom. The predicted molar refractivity (Wildman–Crippen MR) is 148 cm³/mol. The van der Waals surface area contributed by atoms with Gasteiger partial charge in [-0.05, 0) is 68.9 Å². The van der Waals surface area contributed by atoms with Gasteiger partial charge in [-0.25, -0.2) is 18.0 Å². The fraction of sp³-hybridized carbons (Fsp3) is 0.667. The van der Waals surface area contributed by atoms with Crippen molar-refractivity contribution in [1.82, 2.24) is 19.8 Å². The Hall–Kier alpha value is -2.05. The average molecular weight is 647 g/mol. The largest absolute Gasteiger partial charge is 0.461 e. The fourth-order valence-electron chi connectivity index (χ4n) is 6.83. The summed E-state index contributed by atoms with van der Waals surface area (Å²) in [7, 11) is 0. The summed E-state index contributed by atoms with van der Waals surface area (Å²) in [6.07, 6.45) is 2.32. The molecule has 4 fully saturated rings. The summed E-state index contributed by atoms with van der Waals surface area (Å²) in [5, 5.41) is -0.258. The molecule has 5 heterocycles. The summed E-state index contributed by atoms with van der Waals surface area (Å²) < 4.78 is 56.0. The van der Waals surface area contributed by atoms with Crippen molar-refractivity contribution in [2.75, 3.05) is 37.7 Å². The van der Waals surface area contributed by atoms with Crippen LogP contribution < -0.4 is 9.64 Å². The van der Waals surface area contributed by atoms with Crippen LogP contribution in [0.15, 0.2) is 4.47 Å². The highest BCUT2D eigenvalue weighted by Gasteiger charge is 2.50. The Morgan fingerprint density at radius 3 is 2.52 bits per heavy atom. The third-order valence-electron chi connectivity index (χ3n) is 8.49. The minimum Gasteiger partial charge on any atom is -0.461 e. The number of benzene rings is 1. The van der Waals surface area contributed by atoms with Crippen molar-refractivity contribution in [1.29, 1.82) is 0 Å². The first kappa shape index (κ1) is 28.1. The first-order chi connectivity index (χ1) is 18.9. The molecule has 0 N–H and O–H groups in total. The van der Waals surface area contributed by atoms with E-state index in [2.05, 4.69) is 30.8 Å². The number of aromatic nitrogens is 2. The molecule has 4 aliphatic rings. The van der Waals surface area contributed by atoms with Crippen molar-refractivity contribution >= 4 is 50.3 Å². The SMILES string of the molecule is CC(C)(C)OC(=O)N1C2CCC1CN(c1nc(OC[C@@]34CCCN3C[C@H](F)C4)nc3c(F)c(Br)c(F)c(Cl)c13)C2. The van der Waals surface area contributed by atoms with Gasteiger partial charge >= 0.3 is 12.1 Å². The molecule has 1 aromatic carbocycles. The molecule has 4 saturated heterocycles. The average Bonchev–Trinajstić information content (AvgIpc) is 3.50. The van der Waals surface area contributed by atoms with E-state index in [-0.39, 0.29) is 52.5 Å². The molecule has 4 atom stereocenters. The lowest BCUT2D eigenvalue weighted by Crippen LogP contribution is -2.57. The number of fused-ring (bicyclic) bond motifs is 4. The van der Waals surface area contributed by atoms with E-state index in [4.69, 9.17) is 21.1 Å². The fourth-order valence-corrected chi connectivity index (χ4v) is 7.59. The minimum absolute atomic E-state index is 0.0441. The van der Waals surface area contributed by atoms with E-state index in [0.29, 0.717) is 26.1 Å². The highest BCUT2D eigenvalue weighted by atomic mass is 79.9. The van der Waals surface area contributed by atoms with Crippen molar-refractivity contribution in [2.45, 2.75) is 82.3 Å². The molecule has 2 unspecified atom stereocenters. The Kier molecular flexibility index (Phi) is 7.05. The third-order valence-corrected chi connectivity index (χ3v) is 9.54. The second-order valence-electron chi connectivity index (χ2n) is 12.4. The van der Waals surface area contributed by atoms with Gasteiger partial charge in [0.05, 0.1) is 32.5 Å². The zero-order chi connectivity index (χ0) is 28.6. The van der Waals surface area contributed by atoms with E-state index in [1.165, 1.54) is 0 Å². The van der Waals surface area contributed by atoms with E-state index in [1.54, 1.807) is 4.90 Å². The van der Waals surface area contributed by atoms with Crippen LogP contribution in [0.1, 0.15) is 52.9 Å². The number of rotatable bonds is 4. The van der Waals surface area contributed by atoms with E-state index in [1.807, 2.05) is 25.7 Å². The number of piperazine rings is 1. The van der Waals surface area contributed by atoms with Crippen LogP contribution in [0.4, 0.5) is 23.8 Å². The zero-order valence-electron chi connectivity index (χ0n) is 22.7. The van der Waals surface area contributed by atoms with Gasteiger partial charge in [-0.15, -0.1) is 0 Å². The first-order valence-corrected chi connectivity index (χ1v) is 14.9. The van der Waals surface area contributed by atoms with Gasteiger partial charge in [0.25, 0.3) is 0 Å². The van der Waals surface area contributed by atoms with Crippen molar-refractivity contribution in [3.8, 4) is 6.01 Å². The summed E-state index contributed by atoms with van der Waals surface area (Å²) in [6.45, 7) is 7.55. The first-order valence-electron chi connectivity index (χ1n) is 13.7. The number of alkyl halides is 1. The van der Waals surface area contributed by atoms with Gasteiger partial charge in [0.2, 0.25) is 0 Å².